The van der Waals surface area contributed by atoms with Gasteiger partial charge in [-0.25, -0.2) is 12.7 Å². The zero-order chi connectivity index (χ0) is 14.5. The molecule has 0 aliphatic carbocycles. The maximum absolute atomic E-state index is 12.4. The standard InChI is InChI=1S/C14H24N2O2S/c1-4-12(3)10-16(5-2)19(17,18)11-13-6-8-14(15)9-7-13/h6-9,12H,4-5,10-11,15H2,1-3H3. The fraction of sp³-hybridized carbons (Fsp3) is 0.571. The Morgan fingerprint density at radius 3 is 2.26 bits per heavy atom. The molecule has 0 aliphatic rings. The van der Waals surface area contributed by atoms with Gasteiger partial charge in [0.1, 0.15) is 0 Å². The van der Waals surface area contributed by atoms with E-state index in [4.69, 9.17) is 5.73 Å². The SMILES string of the molecule is CCC(C)CN(CC)S(=O)(=O)Cc1ccc(N)cc1. The largest absolute Gasteiger partial charge is 0.399 e. The summed E-state index contributed by atoms with van der Waals surface area (Å²) in [7, 11) is -3.25. The van der Waals surface area contributed by atoms with Crippen LogP contribution in [0.15, 0.2) is 24.3 Å². The van der Waals surface area contributed by atoms with E-state index in [9.17, 15) is 8.42 Å². The quantitative estimate of drug-likeness (QED) is 0.782. The summed E-state index contributed by atoms with van der Waals surface area (Å²) in [5, 5.41) is 0. The average Bonchev–Trinajstić information content (AvgIpc) is 2.37. The Morgan fingerprint density at radius 2 is 1.79 bits per heavy atom. The second-order valence-electron chi connectivity index (χ2n) is 4.96. The van der Waals surface area contributed by atoms with Gasteiger partial charge in [0.2, 0.25) is 10.0 Å². The van der Waals surface area contributed by atoms with Gasteiger partial charge in [-0.2, -0.15) is 0 Å². The summed E-state index contributed by atoms with van der Waals surface area (Å²) < 4.78 is 26.3. The van der Waals surface area contributed by atoms with Gasteiger partial charge >= 0.3 is 0 Å². The van der Waals surface area contributed by atoms with Crippen LogP contribution in [-0.2, 0) is 15.8 Å². The molecule has 1 aromatic rings. The van der Waals surface area contributed by atoms with E-state index >= 15 is 0 Å². The topological polar surface area (TPSA) is 63.4 Å². The number of rotatable bonds is 7. The molecule has 0 fully saturated rings. The normalized spacial score (nSPS) is 13.7. The molecule has 0 heterocycles. The van der Waals surface area contributed by atoms with E-state index in [2.05, 4.69) is 13.8 Å². The average molecular weight is 284 g/mol. The highest BCUT2D eigenvalue weighted by Gasteiger charge is 2.22. The van der Waals surface area contributed by atoms with Crippen molar-refractivity contribution in [2.24, 2.45) is 5.92 Å². The summed E-state index contributed by atoms with van der Waals surface area (Å²) >= 11 is 0. The Kier molecular flexibility index (Phi) is 5.82. The van der Waals surface area contributed by atoms with Crippen LogP contribution in [0.4, 0.5) is 5.69 Å². The lowest BCUT2D eigenvalue weighted by Crippen LogP contribution is -2.35. The molecule has 0 spiro atoms. The monoisotopic (exact) mass is 284 g/mol. The number of nitrogens with zero attached hydrogens (tertiary/aromatic N) is 1. The van der Waals surface area contributed by atoms with Crippen molar-refractivity contribution in [3.05, 3.63) is 29.8 Å². The second kappa shape index (κ2) is 6.91. The number of sulfonamides is 1. The lowest BCUT2D eigenvalue weighted by Gasteiger charge is -2.23. The second-order valence-corrected chi connectivity index (χ2v) is 6.93. The third-order valence-corrected chi connectivity index (χ3v) is 5.18. The van der Waals surface area contributed by atoms with Gasteiger partial charge in [-0.3, -0.25) is 0 Å². The van der Waals surface area contributed by atoms with Crippen LogP contribution in [0, 0.1) is 5.92 Å². The molecular weight excluding hydrogens is 260 g/mol. The lowest BCUT2D eigenvalue weighted by molar-refractivity contribution is 0.361. The first-order valence-corrected chi connectivity index (χ1v) is 8.32. The first-order chi connectivity index (χ1) is 8.89. The predicted octanol–water partition coefficient (Wildman–Crippen LogP) is 2.47. The Balaban J connectivity index is 2.80. The summed E-state index contributed by atoms with van der Waals surface area (Å²) in [5.41, 5.74) is 7.02. The molecule has 0 aromatic heterocycles. The number of hydrogen-bond acceptors (Lipinski definition) is 3. The van der Waals surface area contributed by atoms with Gasteiger partial charge in [0.25, 0.3) is 0 Å². The fourth-order valence-corrected chi connectivity index (χ4v) is 3.50. The Hall–Kier alpha value is -1.07. The Labute approximate surface area is 116 Å². The van der Waals surface area contributed by atoms with E-state index < -0.39 is 10.0 Å². The number of hydrogen-bond donors (Lipinski definition) is 1. The predicted molar refractivity (Wildman–Crippen MR) is 80.2 cm³/mol. The van der Waals surface area contributed by atoms with Crippen molar-refractivity contribution in [3.63, 3.8) is 0 Å². The highest BCUT2D eigenvalue weighted by molar-refractivity contribution is 7.88. The van der Waals surface area contributed by atoms with Crippen molar-refractivity contribution in [2.45, 2.75) is 32.9 Å². The molecule has 1 aromatic carbocycles. The Bertz CT molecular complexity index is 483. The molecule has 2 N–H and O–H groups in total. The molecule has 0 radical (unpaired) electrons. The van der Waals surface area contributed by atoms with Gasteiger partial charge in [0.05, 0.1) is 5.75 Å². The zero-order valence-corrected chi connectivity index (χ0v) is 12.8. The van der Waals surface area contributed by atoms with Gasteiger partial charge in [-0.15, -0.1) is 0 Å². The molecule has 0 aliphatic heterocycles. The van der Waals surface area contributed by atoms with Crippen LogP contribution in [-0.4, -0.2) is 25.8 Å². The van der Waals surface area contributed by atoms with Crippen molar-refractivity contribution < 1.29 is 8.42 Å². The number of nitrogens with two attached hydrogens (primary N) is 1. The van der Waals surface area contributed by atoms with E-state index in [0.29, 0.717) is 24.7 Å². The smallest absolute Gasteiger partial charge is 0.218 e. The minimum atomic E-state index is -3.25. The minimum Gasteiger partial charge on any atom is -0.399 e. The highest BCUT2D eigenvalue weighted by atomic mass is 32.2. The van der Waals surface area contributed by atoms with E-state index in [1.807, 2.05) is 6.92 Å². The Morgan fingerprint density at radius 1 is 1.21 bits per heavy atom. The maximum Gasteiger partial charge on any atom is 0.218 e. The van der Waals surface area contributed by atoms with Gasteiger partial charge in [0, 0.05) is 18.8 Å². The van der Waals surface area contributed by atoms with Gasteiger partial charge in [-0.1, -0.05) is 39.3 Å². The van der Waals surface area contributed by atoms with Crippen LogP contribution in [0.1, 0.15) is 32.8 Å². The van der Waals surface area contributed by atoms with E-state index in [1.54, 1.807) is 28.6 Å². The van der Waals surface area contributed by atoms with Gasteiger partial charge in [-0.05, 0) is 23.6 Å². The molecule has 4 nitrogen and oxygen atoms in total. The van der Waals surface area contributed by atoms with Crippen molar-refractivity contribution >= 4 is 15.7 Å². The van der Waals surface area contributed by atoms with E-state index in [1.165, 1.54) is 0 Å². The van der Waals surface area contributed by atoms with E-state index in [0.717, 1.165) is 12.0 Å². The van der Waals surface area contributed by atoms with Crippen molar-refractivity contribution in [3.8, 4) is 0 Å². The summed E-state index contributed by atoms with van der Waals surface area (Å²) in [6.45, 7) is 7.13. The fourth-order valence-electron chi connectivity index (χ4n) is 1.83. The first-order valence-electron chi connectivity index (χ1n) is 6.71. The minimum absolute atomic E-state index is 0.0392. The van der Waals surface area contributed by atoms with Crippen LogP contribution < -0.4 is 5.73 Å². The third-order valence-electron chi connectivity index (χ3n) is 3.29. The maximum atomic E-state index is 12.4. The summed E-state index contributed by atoms with van der Waals surface area (Å²) in [6.07, 6.45) is 0.980. The van der Waals surface area contributed by atoms with Gasteiger partial charge in [0.15, 0.2) is 0 Å². The van der Waals surface area contributed by atoms with Crippen LogP contribution in [0.5, 0.6) is 0 Å². The summed E-state index contributed by atoms with van der Waals surface area (Å²) in [6, 6.07) is 7.00. The summed E-state index contributed by atoms with van der Waals surface area (Å²) in [4.78, 5) is 0. The molecule has 19 heavy (non-hydrogen) atoms. The molecule has 108 valence electrons. The molecule has 1 rings (SSSR count). The van der Waals surface area contributed by atoms with Gasteiger partial charge < -0.3 is 5.73 Å². The molecule has 0 saturated heterocycles. The summed E-state index contributed by atoms with van der Waals surface area (Å²) in [5.74, 6) is 0.415. The van der Waals surface area contributed by atoms with Crippen LogP contribution in [0.25, 0.3) is 0 Å². The molecule has 5 heteroatoms. The molecule has 1 unspecified atom stereocenters. The zero-order valence-electron chi connectivity index (χ0n) is 12.0. The highest BCUT2D eigenvalue weighted by Crippen LogP contribution is 2.15. The lowest BCUT2D eigenvalue weighted by atomic mass is 10.1. The molecule has 0 saturated carbocycles. The van der Waals surface area contributed by atoms with Crippen LogP contribution in [0.2, 0.25) is 0 Å². The molecular formula is C14H24N2O2S. The first kappa shape index (κ1) is 16.0. The van der Waals surface area contributed by atoms with Crippen LogP contribution >= 0.6 is 0 Å². The molecule has 0 amide bonds. The number of benzene rings is 1. The molecule has 1 atom stereocenters. The number of nitrogen functional groups attached to an aromatic ring is 1. The number of anilines is 1. The molecule has 0 bridgehead atoms. The third kappa shape index (κ3) is 4.84. The van der Waals surface area contributed by atoms with Crippen molar-refractivity contribution in [1.29, 1.82) is 0 Å². The van der Waals surface area contributed by atoms with Crippen molar-refractivity contribution in [2.75, 3.05) is 18.8 Å². The van der Waals surface area contributed by atoms with E-state index in [-0.39, 0.29) is 5.75 Å². The van der Waals surface area contributed by atoms with Crippen LogP contribution in [0.3, 0.4) is 0 Å². The van der Waals surface area contributed by atoms with Crippen molar-refractivity contribution in [1.82, 2.24) is 4.31 Å².